The first kappa shape index (κ1) is 10.6. The van der Waals surface area contributed by atoms with Crippen LogP contribution in [0.25, 0.3) is 0 Å². The largest absolute Gasteiger partial charge is 0.286 e. The maximum absolute atomic E-state index is 12.2. The fourth-order valence-electron chi connectivity index (χ4n) is 2.70. The molecule has 0 spiro atoms. The van der Waals surface area contributed by atoms with Gasteiger partial charge < -0.3 is 0 Å². The molecule has 3 heteroatoms. The van der Waals surface area contributed by atoms with Crippen LogP contribution < -0.4 is 0 Å². The molecule has 0 unspecified atom stereocenters. The summed E-state index contributed by atoms with van der Waals surface area (Å²) in [5, 5.41) is 2.41. The zero-order valence-electron chi connectivity index (χ0n) is 8.96. The maximum atomic E-state index is 12.2. The van der Waals surface area contributed by atoms with Gasteiger partial charge in [0.05, 0.1) is 4.21 Å². The van der Waals surface area contributed by atoms with Gasteiger partial charge in [-0.25, -0.2) is 0 Å². The average molecular weight is 250 g/mol. The van der Waals surface area contributed by atoms with Crippen LogP contribution in [-0.4, -0.2) is 5.12 Å². The number of allylic oxidation sites excluding steroid dienone is 2. The molecule has 0 saturated heterocycles. The normalized spacial score (nSPS) is 31.9. The predicted octanol–water partition coefficient (Wildman–Crippen LogP) is 3.97. The fraction of sp³-hybridized carbons (Fsp3) is 0.462. The molecule has 2 bridgehead atoms. The quantitative estimate of drug-likeness (QED) is 0.583. The van der Waals surface area contributed by atoms with Gasteiger partial charge in [0.25, 0.3) is 0 Å². The Kier molecular flexibility index (Phi) is 2.90. The molecule has 3 atom stereocenters. The first-order valence-corrected chi connectivity index (χ1v) is 7.46. The van der Waals surface area contributed by atoms with E-state index >= 15 is 0 Å². The van der Waals surface area contributed by atoms with E-state index in [-0.39, 0.29) is 5.92 Å². The monoisotopic (exact) mass is 250 g/mol. The Balaban J connectivity index is 1.70. The van der Waals surface area contributed by atoms with Crippen molar-refractivity contribution < 1.29 is 4.79 Å². The number of carbonyl (C=O) groups is 1. The molecular formula is C13H14OS2. The number of fused-ring (bicyclic) bond motifs is 2. The van der Waals surface area contributed by atoms with Crippen molar-refractivity contribution in [3.63, 3.8) is 0 Å². The zero-order chi connectivity index (χ0) is 11.0. The smallest absolute Gasteiger partial charge is 0.198 e. The number of hydrogen-bond donors (Lipinski definition) is 0. The summed E-state index contributed by atoms with van der Waals surface area (Å²) in [6.07, 6.45) is 8.17. The van der Waals surface area contributed by atoms with Gasteiger partial charge in [0.1, 0.15) is 0 Å². The van der Waals surface area contributed by atoms with Gasteiger partial charge in [-0.1, -0.05) is 18.2 Å². The molecule has 1 saturated carbocycles. The minimum atomic E-state index is 0.274. The lowest BCUT2D eigenvalue weighted by molar-refractivity contribution is -0.116. The van der Waals surface area contributed by atoms with E-state index in [0.717, 1.165) is 10.6 Å². The third-order valence-electron chi connectivity index (χ3n) is 3.57. The van der Waals surface area contributed by atoms with Crippen LogP contribution in [0, 0.1) is 17.8 Å². The van der Waals surface area contributed by atoms with Gasteiger partial charge in [-0.2, -0.15) is 0 Å². The Morgan fingerprint density at radius 1 is 1.38 bits per heavy atom. The van der Waals surface area contributed by atoms with E-state index in [2.05, 4.69) is 12.2 Å². The first-order chi connectivity index (χ1) is 7.83. The SMILES string of the molecule is O=C(Sc1cccs1)[C@H]1C[C@H]2C=C[C@@H]1CC2. The maximum Gasteiger partial charge on any atom is 0.198 e. The Hall–Kier alpha value is -0.540. The standard InChI is InChI=1S/C13H14OS2/c14-13(16-12-2-1-7-15-12)11-8-9-3-5-10(11)6-4-9/h1-3,5,7,9-11H,4,6,8H2/t9-,10+,11-/m0/s1. The number of thiophene rings is 1. The fourth-order valence-corrected chi connectivity index (χ4v) is 4.52. The second-order valence-electron chi connectivity index (χ2n) is 4.58. The molecule has 1 aromatic heterocycles. The van der Waals surface area contributed by atoms with Gasteiger partial charge in [0.15, 0.2) is 5.12 Å². The lowest BCUT2D eigenvalue weighted by Gasteiger charge is -2.36. The van der Waals surface area contributed by atoms with Crippen LogP contribution in [0.15, 0.2) is 33.9 Å². The Labute approximate surface area is 104 Å². The topological polar surface area (TPSA) is 17.1 Å². The molecule has 0 amide bonds. The van der Waals surface area contributed by atoms with E-state index < -0.39 is 0 Å². The molecule has 1 aromatic rings. The summed E-state index contributed by atoms with van der Waals surface area (Å²) in [7, 11) is 0. The van der Waals surface area contributed by atoms with Crippen LogP contribution in [-0.2, 0) is 4.79 Å². The van der Waals surface area contributed by atoms with Gasteiger partial charge in [0.2, 0.25) is 0 Å². The van der Waals surface area contributed by atoms with E-state index in [1.165, 1.54) is 24.6 Å². The lowest BCUT2D eigenvalue weighted by atomic mass is 9.70. The first-order valence-electron chi connectivity index (χ1n) is 5.76. The minimum absolute atomic E-state index is 0.274. The summed E-state index contributed by atoms with van der Waals surface area (Å²) in [5.74, 6) is 1.46. The summed E-state index contributed by atoms with van der Waals surface area (Å²) in [6, 6.07) is 4.04. The van der Waals surface area contributed by atoms with Gasteiger partial charge in [-0.15, -0.1) is 11.3 Å². The molecule has 0 aliphatic heterocycles. The number of carbonyl (C=O) groups excluding carboxylic acids is 1. The molecule has 0 aromatic carbocycles. The molecule has 84 valence electrons. The van der Waals surface area contributed by atoms with Gasteiger partial charge >= 0.3 is 0 Å². The highest BCUT2D eigenvalue weighted by molar-refractivity contribution is 8.15. The van der Waals surface area contributed by atoms with Crippen molar-refractivity contribution in [2.75, 3.05) is 0 Å². The van der Waals surface area contributed by atoms with Crippen molar-refractivity contribution >= 4 is 28.2 Å². The molecule has 3 aliphatic rings. The predicted molar refractivity (Wildman–Crippen MR) is 68.6 cm³/mol. The molecule has 1 nitrogen and oxygen atoms in total. The van der Waals surface area contributed by atoms with E-state index in [1.54, 1.807) is 11.3 Å². The van der Waals surface area contributed by atoms with Crippen LogP contribution in [0.3, 0.4) is 0 Å². The molecule has 1 heterocycles. The van der Waals surface area contributed by atoms with Gasteiger partial charge in [-0.3, -0.25) is 4.79 Å². The van der Waals surface area contributed by atoms with E-state index in [0.29, 0.717) is 17.0 Å². The van der Waals surface area contributed by atoms with Crippen LogP contribution >= 0.6 is 23.1 Å². The van der Waals surface area contributed by atoms with E-state index in [9.17, 15) is 4.79 Å². The van der Waals surface area contributed by atoms with Crippen molar-refractivity contribution in [3.05, 3.63) is 29.7 Å². The molecular weight excluding hydrogens is 236 g/mol. The van der Waals surface area contributed by atoms with Gasteiger partial charge in [-0.05, 0) is 54.3 Å². The lowest BCUT2D eigenvalue weighted by Crippen LogP contribution is -2.31. The summed E-state index contributed by atoms with van der Waals surface area (Å²) < 4.78 is 1.13. The van der Waals surface area contributed by atoms with Crippen molar-refractivity contribution in [1.82, 2.24) is 0 Å². The highest BCUT2D eigenvalue weighted by atomic mass is 32.2. The summed E-state index contributed by atoms with van der Waals surface area (Å²) in [5.41, 5.74) is 0. The molecule has 3 aliphatic carbocycles. The number of hydrogen-bond acceptors (Lipinski definition) is 3. The number of rotatable bonds is 2. The van der Waals surface area contributed by atoms with Crippen LogP contribution in [0.4, 0.5) is 0 Å². The van der Waals surface area contributed by atoms with Crippen LogP contribution in [0.2, 0.25) is 0 Å². The molecule has 16 heavy (non-hydrogen) atoms. The zero-order valence-corrected chi connectivity index (χ0v) is 10.6. The van der Waals surface area contributed by atoms with Crippen molar-refractivity contribution in [2.24, 2.45) is 17.8 Å². The van der Waals surface area contributed by atoms with E-state index in [1.807, 2.05) is 17.5 Å². The Morgan fingerprint density at radius 3 is 2.88 bits per heavy atom. The van der Waals surface area contributed by atoms with Crippen molar-refractivity contribution in [3.8, 4) is 0 Å². The average Bonchev–Trinajstić information content (AvgIpc) is 2.83. The number of thioether (sulfide) groups is 1. The molecule has 0 radical (unpaired) electrons. The Morgan fingerprint density at radius 2 is 2.31 bits per heavy atom. The van der Waals surface area contributed by atoms with Gasteiger partial charge in [0, 0.05) is 5.92 Å². The van der Waals surface area contributed by atoms with Crippen molar-refractivity contribution in [1.29, 1.82) is 0 Å². The second kappa shape index (κ2) is 4.38. The third-order valence-corrected chi connectivity index (χ3v) is 5.62. The molecule has 1 fully saturated rings. The third kappa shape index (κ3) is 1.98. The van der Waals surface area contributed by atoms with E-state index in [4.69, 9.17) is 0 Å². The highest BCUT2D eigenvalue weighted by Gasteiger charge is 2.36. The summed E-state index contributed by atoms with van der Waals surface area (Å²) in [4.78, 5) is 12.2. The summed E-state index contributed by atoms with van der Waals surface area (Å²) >= 11 is 3.10. The Bertz CT molecular complexity index is 408. The van der Waals surface area contributed by atoms with Crippen LogP contribution in [0.5, 0.6) is 0 Å². The molecule has 4 rings (SSSR count). The minimum Gasteiger partial charge on any atom is -0.286 e. The van der Waals surface area contributed by atoms with Crippen LogP contribution in [0.1, 0.15) is 19.3 Å². The second-order valence-corrected chi connectivity index (χ2v) is 6.83. The van der Waals surface area contributed by atoms with Crippen molar-refractivity contribution in [2.45, 2.75) is 23.5 Å². The summed E-state index contributed by atoms with van der Waals surface area (Å²) in [6.45, 7) is 0. The highest BCUT2D eigenvalue weighted by Crippen LogP contribution is 2.43. The molecule has 0 N–H and O–H groups in total.